The molecule has 0 amide bonds. The quantitative estimate of drug-likeness (QED) is 0.334. The van der Waals surface area contributed by atoms with E-state index < -0.39 is 88.2 Å². The lowest BCUT2D eigenvalue weighted by atomic mass is 9.51. The van der Waals surface area contributed by atoms with Crippen LogP contribution in [0.2, 0.25) is 0 Å². The maximum absolute atomic E-state index is 13.4. The molecule has 6 rings (SSSR count). The lowest BCUT2D eigenvalue weighted by Gasteiger charge is -2.47. The van der Waals surface area contributed by atoms with Gasteiger partial charge in [-0.2, -0.15) is 0 Å². The first-order valence-electron chi connectivity index (χ1n) is 10.4. The molecule has 0 aromatic carbocycles. The normalized spacial score (nSPS) is 62.8. The smallest absolute Gasteiger partial charge is 0.342 e. The standard InChI is InChI=1S/C20H26O10/c1-6-12(23)28-11-9(21)18-8-5-7(16(2,3)4)17(18)10(22)13(24)29-15(17)30-20(18,14(25)27-8)19(6,11)26/h6-12,15,21-23,26H,5H2,1-4H3/t6-,7+,8-,9+,10+,11+,12?,15+,17+,18+,19-,20-/m1/s1. The van der Waals surface area contributed by atoms with E-state index in [1.54, 1.807) is 0 Å². The Bertz CT molecular complexity index is 883. The van der Waals surface area contributed by atoms with Crippen molar-refractivity contribution >= 4 is 11.9 Å². The molecule has 4 aliphatic heterocycles. The summed E-state index contributed by atoms with van der Waals surface area (Å²) in [5.74, 6) is -3.26. The van der Waals surface area contributed by atoms with Crippen molar-refractivity contribution < 1.29 is 49.0 Å². The van der Waals surface area contributed by atoms with Gasteiger partial charge >= 0.3 is 11.9 Å². The van der Waals surface area contributed by atoms with Gasteiger partial charge in [-0.3, -0.25) is 0 Å². The van der Waals surface area contributed by atoms with Crippen LogP contribution in [0.5, 0.6) is 0 Å². The second-order valence-electron chi connectivity index (χ2n) is 10.8. The average molecular weight is 426 g/mol. The highest BCUT2D eigenvalue weighted by atomic mass is 16.8. The molecule has 2 saturated carbocycles. The van der Waals surface area contributed by atoms with Gasteiger partial charge in [-0.1, -0.05) is 27.7 Å². The molecular formula is C20H26O10. The molecule has 12 atom stereocenters. The first kappa shape index (κ1) is 19.4. The number of hydrogen-bond acceptors (Lipinski definition) is 10. The van der Waals surface area contributed by atoms with Gasteiger partial charge in [0.2, 0.25) is 11.9 Å². The first-order chi connectivity index (χ1) is 13.8. The molecule has 2 aliphatic carbocycles. The second kappa shape index (κ2) is 4.87. The van der Waals surface area contributed by atoms with Gasteiger partial charge in [-0.15, -0.1) is 0 Å². The van der Waals surface area contributed by atoms with E-state index in [9.17, 15) is 30.0 Å². The first-order valence-corrected chi connectivity index (χ1v) is 10.4. The highest BCUT2D eigenvalue weighted by Crippen LogP contribution is 2.84. The molecule has 10 heteroatoms. The van der Waals surface area contributed by atoms with E-state index in [0.29, 0.717) is 0 Å². The molecule has 0 radical (unpaired) electrons. The van der Waals surface area contributed by atoms with Gasteiger partial charge < -0.3 is 39.4 Å². The van der Waals surface area contributed by atoms with Crippen LogP contribution in [0.1, 0.15) is 34.1 Å². The zero-order chi connectivity index (χ0) is 21.8. The number of esters is 2. The molecule has 6 fully saturated rings. The number of carbonyl (C=O) groups excluding carboxylic acids is 2. The van der Waals surface area contributed by atoms with E-state index >= 15 is 0 Å². The van der Waals surface area contributed by atoms with E-state index in [1.807, 2.05) is 20.8 Å². The summed E-state index contributed by atoms with van der Waals surface area (Å²) in [6.45, 7) is 7.28. The van der Waals surface area contributed by atoms with Crippen LogP contribution in [0.15, 0.2) is 0 Å². The SMILES string of the molecule is C[C@@H]1C(O)O[C@H]2[C@H](O)[C@@]34[C@H]5C[C@@H](C(C)(C)C)[C@]36[C@@H](OC(=O)[C@@H]6O)O[C@@]4(C(=O)O5)[C@@]12O. The van der Waals surface area contributed by atoms with E-state index in [2.05, 4.69) is 0 Å². The van der Waals surface area contributed by atoms with Gasteiger partial charge in [0.15, 0.2) is 12.4 Å². The number of aliphatic hydroxyl groups is 4. The minimum absolute atomic E-state index is 0.251. The zero-order valence-corrected chi connectivity index (χ0v) is 17.1. The van der Waals surface area contributed by atoms with Crippen molar-refractivity contribution in [3.8, 4) is 0 Å². The third-order valence-corrected chi connectivity index (χ3v) is 9.15. The third kappa shape index (κ3) is 1.39. The second-order valence-corrected chi connectivity index (χ2v) is 10.8. The van der Waals surface area contributed by atoms with Crippen LogP contribution >= 0.6 is 0 Å². The van der Waals surface area contributed by atoms with Crippen LogP contribution in [0.25, 0.3) is 0 Å². The molecule has 166 valence electrons. The minimum Gasteiger partial charge on any atom is -0.459 e. The number of rotatable bonds is 0. The topological polar surface area (TPSA) is 152 Å². The van der Waals surface area contributed by atoms with E-state index in [0.717, 1.165) is 0 Å². The Kier molecular flexibility index (Phi) is 3.15. The summed E-state index contributed by atoms with van der Waals surface area (Å²) in [6.07, 6.45) is -8.09. The number of fused-ring (bicyclic) bond motifs is 1. The number of aliphatic hydroxyl groups excluding tert-OH is 3. The van der Waals surface area contributed by atoms with Gasteiger partial charge in [0, 0.05) is 5.92 Å². The van der Waals surface area contributed by atoms with E-state index in [1.165, 1.54) is 6.92 Å². The summed E-state index contributed by atoms with van der Waals surface area (Å²) in [4.78, 5) is 25.9. The highest BCUT2D eigenvalue weighted by molar-refractivity contribution is 5.91. The monoisotopic (exact) mass is 426 g/mol. The summed E-state index contributed by atoms with van der Waals surface area (Å²) in [5.41, 5.74) is -8.01. The molecule has 4 N–H and O–H groups in total. The number of carbonyl (C=O) groups is 2. The Morgan fingerprint density at radius 3 is 2.40 bits per heavy atom. The molecule has 0 bridgehead atoms. The summed E-state index contributed by atoms with van der Waals surface area (Å²) in [5, 5.41) is 45.1. The van der Waals surface area contributed by atoms with Gasteiger partial charge in [0.05, 0.1) is 16.9 Å². The number of ether oxygens (including phenoxy) is 4. The Morgan fingerprint density at radius 2 is 1.77 bits per heavy atom. The average Bonchev–Trinajstić information content (AvgIpc) is 3.35. The molecule has 0 aromatic heterocycles. The van der Waals surface area contributed by atoms with Crippen LogP contribution in [0, 0.1) is 28.1 Å². The van der Waals surface area contributed by atoms with Crippen molar-refractivity contribution in [3.05, 3.63) is 0 Å². The Hall–Kier alpha value is -1.30. The molecule has 0 aromatic rings. The fraction of sp³-hybridized carbons (Fsp3) is 0.900. The van der Waals surface area contributed by atoms with Crippen LogP contribution in [0.3, 0.4) is 0 Å². The van der Waals surface area contributed by atoms with Crippen LogP contribution in [-0.4, -0.2) is 80.6 Å². The fourth-order valence-electron chi connectivity index (χ4n) is 8.25. The largest absolute Gasteiger partial charge is 0.459 e. The van der Waals surface area contributed by atoms with Gasteiger partial charge in [0.25, 0.3) is 0 Å². The molecule has 1 unspecified atom stereocenters. The van der Waals surface area contributed by atoms with Crippen LogP contribution < -0.4 is 0 Å². The summed E-state index contributed by atoms with van der Waals surface area (Å²) in [6, 6.07) is 0. The Morgan fingerprint density at radius 1 is 1.10 bits per heavy atom. The summed E-state index contributed by atoms with van der Waals surface area (Å²) in [7, 11) is 0. The summed E-state index contributed by atoms with van der Waals surface area (Å²) >= 11 is 0. The van der Waals surface area contributed by atoms with Crippen molar-refractivity contribution in [3.63, 3.8) is 0 Å². The molecule has 2 spiro atoms. The lowest BCUT2D eigenvalue weighted by molar-refractivity contribution is -0.239. The van der Waals surface area contributed by atoms with Gasteiger partial charge in [-0.05, 0) is 17.8 Å². The van der Waals surface area contributed by atoms with Crippen molar-refractivity contribution in [2.45, 2.75) is 82.3 Å². The van der Waals surface area contributed by atoms with Crippen molar-refractivity contribution in [1.82, 2.24) is 0 Å². The zero-order valence-electron chi connectivity index (χ0n) is 17.1. The predicted molar refractivity (Wildman–Crippen MR) is 93.0 cm³/mol. The lowest BCUT2D eigenvalue weighted by Crippen LogP contribution is -2.67. The minimum atomic E-state index is -2.15. The fourth-order valence-corrected chi connectivity index (χ4v) is 8.25. The maximum atomic E-state index is 13.4. The maximum Gasteiger partial charge on any atom is 0.342 e. The van der Waals surface area contributed by atoms with Crippen molar-refractivity contribution in [1.29, 1.82) is 0 Å². The highest BCUT2D eigenvalue weighted by Gasteiger charge is 3.03. The molecule has 4 heterocycles. The molecule has 30 heavy (non-hydrogen) atoms. The van der Waals surface area contributed by atoms with Gasteiger partial charge in [0.1, 0.15) is 17.8 Å². The van der Waals surface area contributed by atoms with Crippen LogP contribution in [0.4, 0.5) is 0 Å². The van der Waals surface area contributed by atoms with Crippen molar-refractivity contribution in [2.24, 2.45) is 28.1 Å². The third-order valence-electron chi connectivity index (χ3n) is 9.15. The van der Waals surface area contributed by atoms with Gasteiger partial charge in [-0.25, -0.2) is 9.59 Å². The molecule has 10 nitrogen and oxygen atoms in total. The van der Waals surface area contributed by atoms with E-state index in [-0.39, 0.29) is 6.42 Å². The number of hydrogen-bond donors (Lipinski definition) is 4. The summed E-state index contributed by atoms with van der Waals surface area (Å²) < 4.78 is 22.8. The Labute approximate surface area is 172 Å². The van der Waals surface area contributed by atoms with Crippen LogP contribution in [-0.2, 0) is 28.5 Å². The molecular weight excluding hydrogens is 400 g/mol. The molecule has 4 saturated heterocycles. The molecule has 6 aliphatic rings. The predicted octanol–water partition coefficient (Wildman–Crippen LogP) is -1.58. The Balaban J connectivity index is 1.71. The van der Waals surface area contributed by atoms with E-state index in [4.69, 9.17) is 18.9 Å². The van der Waals surface area contributed by atoms with Crippen molar-refractivity contribution in [2.75, 3.05) is 0 Å².